The third kappa shape index (κ3) is 5.45. The standard InChI is InChI=1S/C18H29N3O2.ClH/c1-13-10-21(11-14(2)23-13)18(3,4)12-20-17(22)16-7-5-15(9-19)6-8-16;/h5-8,13-14H,9-12,19H2,1-4H3,(H,20,22);1H. The molecule has 0 spiro atoms. The molecule has 0 bridgehead atoms. The van der Waals surface area contributed by atoms with Crippen molar-refractivity contribution in [2.24, 2.45) is 5.73 Å². The van der Waals surface area contributed by atoms with Gasteiger partial charge >= 0.3 is 0 Å². The van der Waals surface area contributed by atoms with Gasteiger partial charge in [-0.2, -0.15) is 0 Å². The van der Waals surface area contributed by atoms with Crippen molar-refractivity contribution in [3.63, 3.8) is 0 Å². The molecule has 5 nitrogen and oxygen atoms in total. The first-order chi connectivity index (χ1) is 10.8. The van der Waals surface area contributed by atoms with Gasteiger partial charge in [0.15, 0.2) is 0 Å². The number of rotatable bonds is 5. The molecule has 136 valence electrons. The van der Waals surface area contributed by atoms with E-state index in [1.165, 1.54) is 0 Å². The summed E-state index contributed by atoms with van der Waals surface area (Å²) >= 11 is 0. The maximum atomic E-state index is 12.3. The number of halogens is 1. The van der Waals surface area contributed by atoms with Gasteiger partial charge in [-0.05, 0) is 45.4 Å². The minimum Gasteiger partial charge on any atom is -0.373 e. The SMILES string of the molecule is CC1CN(C(C)(C)CNC(=O)c2ccc(CN)cc2)CC(C)O1.Cl. The number of ether oxygens (including phenoxy) is 1. The molecule has 2 atom stereocenters. The van der Waals surface area contributed by atoms with E-state index in [1.807, 2.05) is 24.3 Å². The molecule has 0 radical (unpaired) electrons. The molecular weight excluding hydrogens is 326 g/mol. The molecule has 1 fully saturated rings. The highest BCUT2D eigenvalue weighted by molar-refractivity contribution is 5.94. The Hall–Kier alpha value is -1.14. The van der Waals surface area contributed by atoms with Crippen molar-refractivity contribution in [1.29, 1.82) is 0 Å². The van der Waals surface area contributed by atoms with Crippen LogP contribution >= 0.6 is 12.4 Å². The summed E-state index contributed by atoms with van der Waals surface area (Å²) in [7, 11) is 0. The molecule has 2 rings (SSSR count). The van der Waals surface area contributed by atoms with E-state index in [-0.39, 0.29) is 36.1 Å². The zero-order valence-corrected chi connectivity index (χ0v) is 15.9. The van der Waals surface area contributed by atoms with Crippen LogP contribution in [0, 0.1) is 0 Å². The molecule has 3 N–H and O–H groups in total. The summed E-state index contributed by atoms with van der Waals surface area (Å²) in [5.74, 6) is -0.0454. The molecule has 1 aromatic rings. The lowest BCUT2D eigenvalue weighted by Gasteiger charge is -2.45. The molecule has 1 saturated heterocycles. The normalized spacial score (nSPS) is 21.9. The molecule has 24 heavy (non-hydrogen) atoms. The number of benzene rings is 1. The molecule has 1 aliphatic heterocycles. The van der Waals surface area contributed by atoms with Gasteiger partial charge < -0.3 is 15.8 Å². The van der Waals surface area contributed by atoms with Crippen LogP contribution in [0.1, 0.15) is 43.6 Å². The Morgan fingerprint density at radius 3 is 2.29 bits per heavy atom. The molecule has 1 aromatic carbocycles. The van der Waals surface area contributed by atoms with Crippen molar-refractivity contribution in [3.05, 3.63) is 35.4 Å². The highest BCUT2D eigenvalue weighted by Crippen LogP contribution is 2.20. The maximum absolute atomic E-state index is 12.3. The summed E-state index contributed by atoms with van der Waals surface area (Å²) in [6.07, 6.45) is 0.440. The van der Waals surface area contributed by atoms with Crippen molar-refractivity contribution in [3.8, 4) is 0 Å². The number of nitrogens with one attached hydrogen (secondary N) is 1. The first-order valence-electron chi connectivity index (χ1n) is 8.29. The highest BCUT2D eigenvalue weighted by Gasteiger charge is 2.33. The Labute approximate surface area is 151 Å². The van der Waals surface area contributed by atoms with Crippen LogP contribution in [0.5, 0.6) is 0 Å². The second-order valence-electron chi connectivity index (χ2n) is 7.06. The topological polar surface area (TPSA) is 67.6 Å². The van der Waals surface area contributed by atoms with Crippen LogP contribution in [0.15, 0.2) is 24.3 Å². The third-order valence-corrected chi connectivity index (χ3v) is 4.41. The summed E-state index contributed by atoms with van der Waals surface area (Å²) in [6, 6.07) is 7.43. The van der Waals surface area contributed by atoms with E-state index >= 15 is 0 Å². The molecule has 1 amide bonds. The van der Waals surface area contributed by atoms with Crippen molar-refractivity contribution in [2.45, 2.75) is 52.0 Å². The zero-order valence-electron chi connectivity index (χ0n) is 15.0. The number of morpholine rings is 1. The van der Waals surface area contributed by atoms with E-state index in [9.17, 15) is 4.79 Å². The lowest BCUT2D eigenvalue weighted by Crippen LogP contribution is -2.58. The van der Waals surface area contributed by atoms with Gasteiger partial charge in [-0.15, -0.1) is 12.4 Å². The van der Waals surface area contributed by atoms with Crippen LogP contribution < -0.4 is 11.1 Å². The molecule has 6 heteroatoms. The first kappa shape index (κ1) is 20.9. The second kappa shape index (κ2) is 8.81. The van der Waals surface area contributed by atoms with Crippen LogP contribution in [-0.2, 0) is 11.3 Å². The lowest BCUT2D eigenvalue weighted by molar-refractivity contribution is -0.0948. The number of nitrogens with two attached hydrogens (primary N) is 1. The van der Waals surface area contributed by atoms with E-state index < -0.39 is 0 Å². The number of nitrogens with zero attached hydrogens (tertiary/aromatic N) is 1. The van der Waals surface area contributed by atoms with Gasteiger partial charge in [0.2, 0.25) is 0 Å². The van der Waals surface area contributed by atoms with E-state index in [0.717, 1.165) is 18.7 Å². The number of hydrogen-bond acceptors (Lipinski definition) is 4. The molecule has 2 unspecified atom stereocenters. The van der Waals surface area contributed by atoms with Crippen LogP contribution in [0.25, 0.3) is 0 Å². The summed E-state index contributed by atoms with van der Waals surface area (Å²) in [5.41, 5.74) is 7.16. The summed E-state index contributed by atoms with van der Waals surface area (Å²) in [6.45, 7) is 11.4. The fraction of sp³-hybridized carbons (Fsp3) is 0.611. The quantitative estimate of drug-likeness (QED) is 0.849. The van der Waals surface area contributed by atoms with E-state index in [4.69, 9.17) is 10.5 Å². The van der Waals surface area contributed by atoms with Crippen LogP contribution in [0.2, 0.25) is 0 Å². The van der Waals surface area contributed by atoms with E-state index in [2.05, 4.69) is 37.9 Å². The van der Waals surface area contributed by atoms with Gasteiger partial charge in [-0.3, -0.25) is 9.69 Å². The first-order valence-corrected chi connectivity index (χ1v) is 8.29. The summed E-state index contributed by atoms with van der Waals surface area (Å²) in [5, 5.41) is 3.05. The molecule has 1 heterocycles. The minimum absolute atomic E-state index is 0. The maximum Gasteiger partial charge on any atom is 0.251 e. The Morgan fingerprint density at radius 2 is 1.79 bits per heavy atom. The van der Waals surface area contributed by atoms with E-state index in [1.54, 1.807) is 0 Å². The number of carbonyl (C=O) groups is 1. The predicted octanol–water partition coefficient (Wildman–Crippen LogP) is 2.18. The van der Waals surface area contributed by atoms with Gasteiger partial charge in [0.05, 0.1) is 12.2 Å². The molecule has 0 aliphatic carbocycles. The van der Waals surface area contributed by atoms with Gasteiger partial charge in [0, 0.05) is 37.3 Å². The van der Waals surface area contributed by atoms with Crippen LogP contribution in [-0.4, -0.2) is 48.2 Å². The Kier molecular flexibility index (Phi) is 7.67. The average Bonchev–Trinajstić information content (AvgIpc) is 2.52. The van der Waals surface area contributed by atoms with Crippen molar-refractivity contribution in [1.82, 2.24) is 10.2 Å². The van der Waals surface area contributed by atoms with Crippen molar-refractivity contribution in [2.75, 3.05) is 19.6 Å². The molecule has 0 saturated carbocycles. The zero-order chi connectivity index (χ0) is 17.0. The fourth-order valence-corrected chi connectivity index (χ4v) is 2.97. The summed E-state index contributed by atoms with van der Waals surface area (Å²) < 4.78 is 5.79. The second-order valence-corrected chi connectivity index (χ2v) is 7.06. The predicted molar refractivity (Wildman–Crippen MR) is 99.6 cm³/mol. The fourth-order valence-electron chi connectivity index (χ4n) is 2.97. The lowest BCUT2D eigenvalue weighted by atomic mass is 10.00. The highest BCUT2D eigenvalue weighted by atomic mass is 35.5. The van der Waals surface area contributed by atoms with Crippen LogP contribution in [0.3, 0.4) is 0 Å². The van der Waals surface area contributed by atoms with Gasteiger partial charge in [0.1, 0.15) is 0 Å². The molecular formula is C18H30ClN3O2. The minimum atomic E-state index is -0.112. The third-order valence-electron chi connectivity index (χ3n) is 4.41. The van der Waals surface area contributed by atoms with Crippen molar-refractivity contribution >= 4 is 18.3 Å². The number of hydrogen-bond donors (Lipinski definition) is 2. The Balaban J connectivity index is 0.00000288. The number of amides is 1. The van der Waals surface area contributed by atoms with E-state index in [0.29, 0.717) is 18.7 Å². The molecule has 1 aliphatic rings. The Bertz CT molecular complexity index is 524. The average molecular weight is 356 g/mol. The Morgan fingerprint density at radius 1 is 1.25 bits per heavy atom. The number of carbonyl (C=O) groups excluding carboxylic acids is 1. The largest absolute Gasteiger partial charge is 0.373 e. The monoisotopic (exact) mass is 355 g/mol. The smallest absolute Gasteiger partial charge is 0.251 e. The van der Waals surface area contributed by atoms with Crippen LogP contribution in [0.4, 0.5) is 0 Å². The van der Waals surface area contributed by atoms with Gasteiger partial charge in [-0.1, -0.05) is 12.1 Å². The van der Waals surface area contributed by atoms with Crippen molar-refractivity contribution < 1.29 is 9.53 Å². The van der Waals surface area contributed by atoms with Gasteiger partial charge in [0.25, 0.3) is 5.91 Å². The molecule has 0 aromatic heterocycles. The summed E-state index contributed by atoms with van der Waals surface area (Å²) in [4.78, 5) is 14.7. The van der Waals surface area contributed by atoms with Gasteiger partial charge in [-0.25, -0.2) is 0 Å².